The molecule has 0 spiro atoms. The maximum absolute atomic E-state index is 12.8. The van der Waals surface area contributed by atoms with Crippen LogP contribution in [0.2, 0.25) is 0 Å². The number of nitrogens with one attached hydrogen (secondary N) is 3. The minimum Gasteiger partial charge on any atom is -0.480 e. The van der Waals surface area contributed by atoms with Gasteiger partial charge in [-0.1, -0.05) is 0 Å². The molecule has 3 amide bonds. The Kier molecular flexibility index (Phi) is 14.8. The Labute approximate surface area is 203 Å². The van der Waals surface area contributed by atoms with Gasteiger partial charge in [-0.05, 0) is 32.6 Å². The SMILES string of the molecule is CC(N)C(=O)NC(CS)C(=O)NC(CCCN=C(N)N)C(=O)NC(CCCN=C(N)N)C(=O)O. The lowest BCUT2D eigenvalue weighted by Crippen LogP contribution is -2.57. The van der Waals surface area contributed by atoms with Crippen LogP contribution in [0.5, 0.6) is 0 Å². The van der Waals surface area contributed by atoms with E-state index in [4.69, 9.17) is 28.7 Å². The zero-order valence-electron chi connectivity index (χ0n) is 19.1. The van der Waals surface area contributed by atoms with E-state index in [1.807, 2.05) is 0 Å². The smallest absolute Gasteiger partial charge is 0.326 e. The maximum atomic E-state index is 12.8. The van der Waals surface area contributed by atoms with Crippen molar-refractivity contribution in [2.24, 2.45) is 38.7 Å². The van der Waals surface area contributed by atoms with Gasteiger partial charge in [0.05, 0.1) is 6.04 Å². The second-order valence-corrected chi connectivity index (χ2v) is 7.76. The summed E-state index contributed by atoms with van der Waals surface area (Å²) in [7, 11) is 0. The van der Waals surface area contributed by atoms with E-state index in [1.54, 1.807) is 0 Å². The van der Waals surface area contributed by atoms with Crippen molar-refractivity contribution >= 4 is 48.2 Å². The van der Waals surface area contributed by atoms with Crippen molar-refractivity contribution in [2.75, 3.05) is 18.8 Å². The molecule has 0 saturated heterocycles. The predicted molar refractivity (Wildman–Crippen MR) is 131 cm³/mol. The summed E-state index contributed by atoms with van der Waals surface area (Å²) in [5.74, 6) is -3.58. The Morgan fingerprint density at radius 2 is 1.21 bits per heavy atom. The molecule has 34 heavy (non-hydrogen) atoms. The second-order valence-electron chi connectivity index (χ2n) is 7.39. The van der Waals surface area contributed by atoms with Gasteiger partial charge >= 0.3 is 5.97 Å². The van der Waals surface area contributed by atoms with Gasteiger partial charge in [0.2, 0.25) is 17.7 Å². The molecule has 0 aromatic carbocycles. The molecule has 0 aliphatic rings. The van der Waals surface area contributed by atoms with Gasteiger partial charge in [0.25, 0.3) is 0 Å². The molecule has 0 bridgehead atoms. The standard InChI is InChI=1S/C18H36N10O5S/c1-9(19)13(29)28-12(8-34)15(31)26-10(4-2-6-24-17(20)21)14(30)27-11(16(32)33)5-3-7-25-18(22)23/h9-12,34H,2-8,19H2,1H3,(H,26,31)(H,27,30)(H,28,29)(H,32,33)(H4,20,21,24)(H4,22,23,25). The fourth-order valence-corrected chi connectivity index (χ4v) is 2.83. The van der Waals surface area contributed by atoms with Crippen LogP contribution in [-0.4, -0.2) is 83.7 Å². The third-order valence-electron chi connectivity index (χ3n) is 4.37. The number of thiol groups is 1. The van der Waals surface area contributed by atoms with Crippen molar-refractivity contribution in [3.63, 3.8) is 0 Å². The lowest BCUT2D eigenvalue weighted by Gasteiger charge is -2.24. The molecule has 0 aromatic rings. The summed E-state index contributed by atoms with van der Waals surface area (Å²) in [4.78, 5) is 56.5. The van der Waals surface area contributed by atoms with Crippen LogP contribution < -0.4 is 44.6 Å². The normalized spacial score (nSPS) is 14.0. The number of hydrogen-bond acceptors (Lipinski definition) is 8. The zero-order valence-corrected chi connectivity index (χ0v) is 20.0. The van der Waals surface area contributed by atoms with Gasteiger partial charge in [-0.3, -0.25) is 24.4 Å². The van der Waals surface area contributed by atoms with Gasteiger partial charge in [0.15, 0.2) is 11.9 Å². The van der Waals surface area contributed by atoms with E-state index < -0.39 is 47.9 Å². The summed E-state index contributed by atoms with van der Waals surface area (Å²) in [6, 6.07) is -4.29. The summed E-state index contributed by atoms with van der Waals surface area (Å²) < 4.78 is 0. The van der Waals surface area contributed by atoms with Crippen LogP contribution in [0.15, 0.2) is 9.98 Å². The molecule has 0 saturated carbocycles. The highest BCUT2D eigenvalue weighted by atomic mass is 32.1. The first-order valence-corrected chi connectivity index (χ1v) is 11.1. The lowest BCUT2D eigenvalue weighted by molar-refractivity contribution is -0.142. The molecule has 0 aromatic heterocycles. The number of carboxylic acids is 1. The largest absolute Gasteiger partial charge is 0.480 e. The third-order valence-corrected chi connectivity index (χ3v) is 4.73. The van der Waals surface area contributed by atoms with Gasteiger partial charge in [-0.2, -0.15) is 12.6 Å². The van der Waals surface area contributed by atoms with E-state index in [0.717, 1.165) is 0 Å². The van der Waals surface area contributed by atoms with E-state index >= 15 is 0 Å². The first-order chi connectivity index (χ1) is 15.9. The minimum atomic E-state index is -1.26. The number of nitrogens with zero attached hydrogens (tertiary/aromatic N) is 2. The number of carbonyl (C=O) groups is 4. The van der Waals surface area contributed by atoms with Crippen LogP contribution >= 0.6 is 12.6 Å². The lowest BCUT2D eigenvalue weighted by atomic mass is 10.1. The Morgan fingerprint density at radius 3 is 1.62 bits per heavy atom. The van der Waals surface area contributed by atoms with E-state index in [9.17, 15) is 24.3 Å². The molecule has 14 N–H and O–H groups in total. The van der Waals surface area contributed by atoms with Gasteiger partial charge in [-0.25, -0.2) is 4.79 Å². The number of carboxylic acid groups (broad SMARTS) is 1. The highest BCUT2D eigenvalue weighted by molar-refractivity contribution is 7.80. The number of aliphatic imine (C=N–C) groups is 2. The number of hydrogen-bond donors (Lipinski definition) is 10. The number of amides is 3. The van der Waals surface area contributed by atoms with Gasteiger partial charge in [0, 0.05) is 18.8 Å². The van der Waals surface area contributed by atoms with E-state index in [-0.39, 0.29) is 43.6 Å². The molecular weight excluding hydrogens is 468 g/mol. The van der Waals surface area contributed by atoms with Crippen LogP contribution in [-0.2, 0) is 19.2 Å². The van der Waals surface area contributed by atoms with Gasteiger partial charge in [0.1, 0.15) is 18.1 Å². The highest BCUT2D eigenvalue weighted by Gasteiger charge is 2.29. The summed E-state index contributed by atoms with van der Waals surface area (Å²) in [5.41, 5.74) is 26.5. The van der Waals surface area contributed by atoms with Crippen LogP contribution in [0.4, 0.5) is 0 Å². The number of carbonyl (C=O) groups excluding carboxylic acids is 3. The molecule has 0 aliphatic heterocycles. The number of aliphatic carboxylic acids is 1. The average Bonchev–Trinajstić information content (AvgIpc) is 2.74. The van der Waals surface area contributed by atoms with Crippen molar-refractivity contribution in [3.05, 3.63) is 0 Å². The summed E-state index contributed by atoms with van der Waals surface area (Å²) >= 11 is 4.06. The molecule has 0 fully saturated rings. The fraction of sp³-hybridized carbons (Fsp3) is 0.667. The fourth-order valence-electron chi connectivity index (χ4n) is 2.58. The number of rotatable bonds is 16. The van der Waals surface area contributed by atoms with Crippen LogP contribution in [0.25, 0.3) is 0 Å². The highest BCUT2D eigenvalue weighted by Crippen LogP contribution is 2.04. The summed E-state index contributed by atoms with van der Waals surface area (Å²) in [6.07, 6.45) is 0.739. The number of guanidine groups is 2. The summed E-state index contributed by atoms with van der Waals surface area (Å²) in [5, 5.41) is 16.8. The number of nitrogens with two attached hydrogens (primary N) is 5. The van der Waals surface area contributed by atoms with Crippen molar-refractivity contribution in [2.45, 2.75) is 56.8 Å². The molecule has 4 unspecified atom stereocenters. The Balaban J connectivity index is 5.34. The molecule has 0 heterocycles. The maximum Gasteiger partial charge on any atom is 0.326 e. The molecule has 4 atom stereocenters. The monoisotopic (exact) mass is 504 g/mol. The van der Waals surface area contributed by atoms with Crippen LogP contribution in [0.3, 0.4) is 0 Å². The molecule has 194 valence electrons. The van der Waals surface area contributed by atoms with Gasteiger partial charge in [-0.15, -0.1) is 0 Å². The Bertz CT molecular complexity index is 753. The first-order valence-electron chi connectivity index (χ1n) is 10.5. The van der Waals surface area contributed by atoms with E-state index in [0.29, 0.717) is 12.8 Å². The molecule has 0 rings (SSSR count). The van der Waals surface area contributed by atoms with E-state index in [1.165, 1.54) is 6.92 Å². The van der Waals surface area contributed by atoms with Crippen molar-refractivity contribution in [1.82, 2.24) is 16.0 Å². The molecule has 15 nitrogen and oxygen atoms in total. The van der Waals surface area contributed by atoms with Gasteiger partial charge < -0.3 is 49.7 Å². The molecular formula is C18H36N10O5S. The summed E-state index contributed by atoms with van der Waals surface area (Å²) in [6.45, 7) is 1.81. The third kappa shape index (κ3) is 13.3. The minimum absolute atomic E-state index is 0.0518. The van der Waals surface area contributed by atoms with E-state index in [2.05, 4.69) is 38.6 Å². The molecule has 0 aliphatic carbocycles. The zero-order chi connectivity index (χ0) is 26.3. The Morgan fingerprint density at radius 1 is 0.794 bits per heavy atom. The topological polar surface area (TPSA) is 279 Å². The van der Waals surface area contributed by atoms with Crippen LogP contribution in [0, 0.1) is 0 Å². The predicted octanol–water partition coefficient (Wildman–Crippen LogP) is -4.09. The van der Waals surface area contributed by atoms with Crippen molar-refractivity contribution in [1.29, 1.82) is 0 Å². The van der Waals surface area contributed by atoms with Crippen LogP contribution in [0.1, 0.15) is 32.6 Å². The molecule has 16 heteroatoms. The van der Waals surface area contributed by atoms with Crippen molar-refractivity contribution in [3.8, 4) is 0 Å². The quantitative estimate of drug-likeness (QED) is 0.0419. The molecule has 0 radical (unpaired) electrons. The second kappa shape index (κ2) is 16.4. The first kappa shape index (κ1) is 30.7. The average molecular weight is 505 g/mol. The van der Waals surface area contributed by atoms with Crippen molar-refractivity contribution < 1.29 is 24.3 Å². The Hall–Kier alpha value is -3.27.